The second kappa shape index (κ2) is 9.52. The molecule has 1 rings (SSSR count). The molecule has 0 N–H and O–H groups in total. The Bertz CT molecular complexity index is 627. The fourth-order valence-electron chi connectivity index (χ4n) is 2.54. The van der Waals surface area contributed by atoms with Gasteiger partial charge in [-0.3, -0.25) is 0 Å². The molecule has 0 saturated carbocycles. The first-order valence-electron chi connectivity index (χ1n) is 9.66. The van der Waals surface area contributed by atoms with Crippen LogP contribution in [0.3, 0.4) is 0 Å². The van der Waals surface area contributed by atoms with Crippen LogP contribution in [0.2, 0.25) is 18.1 Å². The second-order valence-corrected chi connectivity index (χ2v) is 13.1. The summed E-state index contributed by atoms with van der Waals surface area (Å²) in [7, 11) is -1.73. The maximum atomic E-state index is 12.0. The van der Waals surface area contributed by atoms with Crippen LogP contribution in [0.15, 0.2) is 24.3 Å². The monoisotopic (exact) mass is 376 g/mol. The lowest BCUT2D eigenvalue weighted by molar-refractivity contribution is 0.0525. The molecule has 26 heavy (non-hydrogen) atoms. The fraction of sp³-hybridized carbons (Fsp3) is 0.591. The summed E-state index contributed by atoms with van der Waals surface area (Å²) >= 11 is 0. The van der Waals surface area contributed by atoms with Crippen molar-refractivity contribution in [2.45, 2.75) is 78.6 Å². The van der Waals surface area contributed by atoms with E-state index in [2.05, 4.69) is 65.9 Å². The summed E-state index contributed by atoms with van der Waals surface area (Å²) in [6.07, 6.45) is 6.17. The minimum Gasteiger partial charge on any atom is -0.462 e. The molecule has 0 spiro atoms. The standard InChI is InChI=1S/C22H36O3Si/c1-9-19-16-18(14-15-20(19)21(23)24-10-2)13-11-12-17(3)25-26(7,8)22(4,5)6/h11,13-17H,9-10,12H2,1-8H3/b13-11+. The highest BCUT2D eigenvalue weighted by Gasteiger charge is 2.38. The molecule has 0 aliphatic rings. The highest BCUT2D eigenvalue weighted by Crippen LogP contribution is 2.37. The molecule has 1 aromatic rings. The third-order valence-corrected chi connectivity index (χ3v) is 9.69. The van der Waals surface area contributed by atoms with Crippen molar-refractivity contribution in [3.8, 4) is 0 Å². The zero-order valence-corrected chi connectivity index (χ0v) is 18.8. The first kappa shape index (κ1) is 22.6. The van der Waals surface area contributed by atoms with E-state index in [1.807, 2.05) is 19.1 Å². The predicted molar refractivity (Wildman–Crippen MR) is 113 cm³/mol. The molecule has 146 valence electrons. The van der Waals surface area contributed by atoms with Gasteiger partial charge in [0.1, 0.15) is 0 Å². The van der Waals surface area contributed by atoms with Gasteiger partial charge in [-0.25, -0.2) is 4.79 Å². The van der Waals surface area contributed by atoms with Gasteiger partial charge in [-0.05, 0) is 62.0 Å². The zero-order chi connectivity index (χ0) is 20.0. The van der Waals surface area contributed by atoms with Crippen molar-refractivity contribution in [3.05, 3.63) is 41.0 Å². The molecule has 4 heteroatoms. The SMILES string of the molecule is CCOC(=O)c1ccc(/C=C/CC(C)O[Si](C)(C)C(C)(C)C)cc1CC. The molecule has 0 aromatic heterocycles. The summed E-state index contributed by atoms with van der Waals surface area (Å²) in [5.74, 6) is -0.240. The Morgan fingerprint density at radius 2 is 1.88 bits per heavy atom. The summed E-state index contributed by atoms with van der Waals surface area (Å²) in [5.41, 5.74) is 2.80. The quantitative estimate of drug-likeness (QED) is 0.398. The van der Waals surface area contributed by atoms with E-state index in [4.69, 9.17) is 9.16 Å². The van der Waals surface area contributed by atoms with E-state index < -0.39 is 8.32 Å². The molecule has 0 saturated heterocycles. The lowest BCUT2D eigenvalue weighted by atomic mass is 10.0. The van der Waals surface area contributed by atoms with E-state index in [-0.39, 0.29) is 17.1 Å². The van der Waals surface area contributed by atoms with Gasteiger partial charge in [-0.1, -0.05) is 52.0 Å². The number of hydrogen-bond acceptors (Lipinski definition) is 3. The Labute approximate surface area is 160 Å². The van der Waals surface area contributed by atoms with Crippen molar-refractivity contribution in [1.29, 1.82) is 0 Å². The van der Waals surface area contributed by atoms with Crippen LogP contribution in [0.1, 0.15) is 69.4 Å². The van der Waals surface area contributed by atoms with Gasteiger partial charge in [-0.2, -0.15) is 0 Å². The molecule has 0 amide bonds. The first-order chi connectivity index (χ1) is 12.0. The molecule has 3 nitrogen and oxygen atoms in total. The van der Waals surface area contributed by atoms with Gasteiger partial charge in [-0.15, -0.1) is 0 Å². The summed E-state index contributed by atoms with van der Waals surface area (Å²) in [6.45, 7) is 17.8. The molecule has 1 unspecified atom stereocenters. The van der Waals surface area contributed by atoms with Gasteiger partial charge in [0.25, 0.3) is 0 Å². The number of carbonyl (C=O) groups excluding carboxylic acids is 1. The average molecular weight is 377 g/mol. The minimum absolute atomic E-state index is 0.205. The van der Waals surface area contributed by atoms with Gasteiger partial charge >= 0.3 is 5.97 Å². The molecule has 0 bridgehead atoms. The van der Waals surface area contributed by atoms with Crippen molar-refractivity contribution in [1.82, 2.24) is 0 Å². The Morgan fingerprint density at radius 3 is 2.42 bits per heavy atom. The Kier molecular flexibility index (Phi) is 8.29. The van der Waals surface area contributed by atoms with Crippen molar-refractivity contribution < 1.29 is 14.0 Å². The molecule has 0 fully saturated rings. The summed E-state index contributed by atoms with van der Waals surface area (Å²) in [5, 5.41) is 0.226. The number of aryl methyl sites for hydroxylation is 1. The highest BCUT2D eigenvalue weighted by atomic mass is 28.4. The number of esters is 1. The smallest absolute Gasteiger partial charge is 0.338 e. The van der Waals surface area contributed by atoms with Crippen LogP contribution in [0.5, 0.6) is 0 Å². The zero-order valence-electron chi connectivity index (χ0n) is 17.8. The van der Waals surface area contributed by atoms with Crippen LogP contribution in [0.25, 0.3) is 6.08 Å². The van der Waals surface area contributed by atoms with E-state index in [0.29, 0.717) is 12.2 Å². The number of benzene rings is 1. The highest BCUT2D eigenvalue weighted by molar-refractivity contribution is 6.74. The molecule has 0 heterocycles. The maximum absolute atomic E-state index is 12.0. The normalized spacial score (nSPS) is 13.8. The van der Waals surface area contributed by atoms with Crippen LogP contribution in [-0.2, 0) is 15.6 Å². The molecular formula is C22H36O3Si. The van der Waals surface area contributed by atoms with E-state index in [1.54, 1.807) is 0 Å². The molecule has 0 aliphatic heterocycles. The first-order valence-corrected chi connectivity index (χ1v) is 12.6. The van der Waals surface area contributed by atoms with Crippen LogP contribution >= 0.6 is 0 Å². The minimum atomic E-state index is -1.73. The predicted octanol–water partition coefficient (Wildman–Crippen LogP) is 6.24. The molecule has 1 aromatic carbocycles. The number of hydrogen-bond donors (Lipinski definition) is 0. The van der Waals surface area contributed by atoms with Gasteiger partial charge in [0, 0.05) is 6.10 Å². The lowest BCUT2D eigenvalue weighted by Gasteiger charge is -2.38. The third kappa shape index (κ3) is 6.40. The molecule has 0 radical (unpaired) electrons. The Balaban J connectivity index is 2.75. The van der Waals surface area contributed by atoms with E-state index >= 15 is 0 Å². The number of rotatable bonds is 8. The second-order valence-electron chi connectivity index (χ2n) is 8.32. The Hall–Kier alpha value is -1.39. The van der Waals surface area contributed by atoms with Crippen molar-refractivity contribution in [3.63, 3.8) is 0 Å². The van der Waals surface area contributed by atoms with Gasteiger partial charge in [0.15, 0.2) is 8.32 Å². The van der Waals surface area contributed by atoms with Gasteiger partial charge in [0.2, 0.25) is 0 Å². The summed E-state index contributed by atoms with van der Waals surface area (Å²) in [6, 6.07) is 5.91. The number of ether oxygens (including phenoxy) is 1. The van der Waals surface area contributed by atoms with Gasteiger partial charge in [0.05, 0.1) is 12.2 Å². The molecule has 1 atom stereocenters. The third-order valence-electron chi connectivity index (χ3n) is 5.09. The largest absolute Gasteiger partial charge is 0.462 e. The maximum Gasteiger partial charge on any atom is 0.338 e. The van der Waals surface area contributed by atoms with E-state index in [9.17, 15) is 4.79 Å². The van der Waals surface area contributed by atoms with Crippen LogP contribution in [0, 0.1) is 0 Å². The summed E-state index contributed by atoms with van der Waals surface area (Å²) < 4.78 is 11.5. The van der Waals surface area contributed by atoms with Crippen molar-refractivity contribution in [2.75, 3.05) is 6.61 Å². The Morgan fingerprint density at radius 1 is 1.23 bits per heavy atom. The van der Waals surface area contributed by atoms with E-state index in [1.165, 1.54) is 0 Å². The van der Waals surface area contributed by atoms with Crippen LogP contribution < -0.4 is 0 Å². The lowest BCUT2D eigenvalue weighted by Crippen LogP contribution is -2.43. The van der Waals surface area contributed by atoms with E-state index in [0.717, 1.165) is 24.0 Å². The molecule has 0 aliphatic carbocycles. The fourth-order valence-corrected chi connectivity index (χ4v) is 4.00. The summed E-state index contributed by atoms with van der Waals surface area (Å²) in [4.78, 5) is 12.0. The molecular weight excluding hydrogens is 340 g/mol. The average Bonchev–Trinajstić information content (AvgIpc) is 2.53. The van der Waals surface area contributed by atoms with Gasteiger partial charge < -0.3 is 9.16 Å². The van der Waals surface area contributed by atoms with Crippen LogP contribution in [-0.4, -0.2) is 27.0 Å². The van der Waals surface area contributed by atoms with Crippen molar-refractivity contribution in [2.24, 2.45) is 0 Å². The topological polar surface area (TPSA) is 35.5 Å². The van der Waals surface area contributed by atoms with Crippen molar-refractivity contribution >= 4 is 20.4 Å². The van der Waals surface area contributed by atoms with Crippen LogP contribution in [0.4, 0.5) is 0 Å². The number of carbonyl (C=O) groups is 1.